The highest BCUT2D eigenvalue weighted by molar-refractivity contribution is 7.94. The summed E-state index contributed by atoms with van der Waals surface area (Å²) in [5, 5.41) is 10.2. The zero-order chi connectivity index (χ0) is 14.6. The van der Waals surface area contributed by atoms with E-state index in [0.29, 0.717) is 11.3 Å². The number of rotatable bonds is 5. The van der Waals surface area contributed by atoms with Crippen molar-refractivity contribution >= 4 is 39.1 Å². The van der Waals surface area contributed by atoms with Crippen LogP contribution in [0.4, 0.5) is 5.69 Å². The number of thiophene rings is 1. The predicted molar refractivity (Wildman–Crippen MR) is 78.2 cm³/mol. The lowest BCUT2D eigenvalue weighted by Crippen LogP contribution is -2.11. The van der Waals surface area contributed by atoms with Crippen LogP contribution in [0.2, 0.25) is 0 Å². The van der Waals surface area contributed by atoms with Gasteiger partial charge < -0.3 is 5.11 Å². The van der Waals surface area contributed by atoms with E-state index in [2.05, 4.69) is 4.72 Å². The highest BCUT2D eigenvalue weighted by Crippen LogP contribution is 2.21. The van der Waals surface area contributed by atoms with Crippen LogP contribution in [0.15, 0.2) is 52.1 Å². The molecule has 7 heteroatoms. The average molecular weight is 309 g/mol. The first-order valence-electron chi connectivity index (χ1n) is 5.55. The fourth-order valence-corrected chi connectivity index (χ4v) is 3.54. The Morgan fingerprint density at radius 3 is 2.70 bits per heavy atom. The number of benzene rings is 1. The first kappa shape index (κ1) is 14.3. The number of sulfonamides is 1. The molecule has 0 aliphatic rings. The van der Waals surface area contributed by atoms with Crippen LogP contribution in [0.25, 0.3) is 6.08 Å². The Morgan fingerprint density at radius 2 is 2.05 bits per heavy atom. The number of carbonyl (C=O) groups is 1. The molecular weight excluding hydrogens is 298 g/mol. The van der Waals surface area contributed by atoms with Gasteiger partial charge in [0.25, 0.3) is 10.0 Å². The molecule has 1 aromatic heterocycles. The van der Waals surface area contributed by atoms with Gasteiger partial charge in [0, 0.05) is 11.8 Å². The molecule has 2 rings (SSSR count). The number of hydrogen-bond acceptors (Lipinski definition) is 4. The first-order chi connectivity index (χ1) is 9.47. The molecular formula is C13H11NO4S2. The Labute approximate surface area is 120 Å². The summed E-state index contributed by atoms with van der Waals surface area (Å²) in [6, 6.07) is 9.66. The summed E-state index contributed by atoms with van der Waals surface area (Å²) in [6.07, 6.45) is 2.39. The highest BCUT2D eigenvalue weighted by Gasteiger charge is 2.14. The number of nitrogens with one attached hydrogen (secondary N) is 1. The van der Waals surface area contributed by atoms with Gasteiger partial charge in [0.1, 0.15) is 4.21 Å². The van der Waals surface area contributed by atoms with Crippen molar-refractivity contribution in [2.24, 2.45) is 0 Å². The second kappa shape index (κ2) is 5.89. The minimum atomic E-state index is -3.59. The lowest BCUT2D eigenvalue weighted by atomic mass is 10.2. The van der Waals surface area contributed by atoms with Crippen molar-refractivity contribution < 1.29 is 18.3 Å². The van der Waals surface area contributed by atoms with Crippen molar-refractivity contribution in [1.29, 1.82) is 0 Å². The summed E-state index contributed by atoms with van der Waals surface area (Å²) in [5.74, 6) is -1.06. The third-order valence-corrected chi connectivity index (χ3v) is 5.10. The second-order valence-corrected chi connectivity index (χ2v) is 6.69. The van der Waals surface area contributed by atoms with Crippen molar-refractivity contribution in [2.45, 2.75) is 4.21 Å². The minimum absolute atomic E-state index is 0.226. The molecule has 0 atom stereocenters. The van der Waals surface area contributed by atoms with E-state index < -0.39 is 16.0 Å². The topological polar surface area (TPSA) is 83.5 Å². The normalized spacial score (nSPS) is 11.6. The van der Waals surface area contributed by atoms with Gasteiger partial charge >= 0.3 is 5.97 Å². The summed E-state index contributed by atoms with van der Waals surface area (Å²) in [6.45, 7) is 0. The predicted octanol–water partition coefficient (Wildman–Crippen LogP) is 2.65. The standard InChI is InChI=1S/C13H11NO4S2/c15-12(16)7-6-10-3-1-4-11(9-10)14-20(17,18)13-5-2-8-19-13/h1-9,14H,(H,15,16)/b7-6+. The average Bonchev–Trinajstić information content (AvgIpc) is 2.91. The summed E-state index contributed by atoms with van der Waals surface area (Å²) in [5.41, 5.74) is 0.977. The molecule has 0 radical (unpaired) electrons. The summed E-state index contributed by atoms with van der Waals surface area (Å²) in [7, 11) is -3.59. The van der Waals surface area contributed by atoms with E-state index in [1.807, 2.05) is 0 Å². The van der Waals surface area contributed by atoms with Crippen LogP contribution in [0.3, 0.4) is 0 Å². The lowest BCUT2D eigenvalue weighted by molar-refractivity contribution is -0.131. The monoisotopic (exact) mass is 309 g/mol. The molecule has 20 heavy (non-hydrogen) atoms. The summed E-state index contributed by atoms with van der Waals surface area (Å²) < 4.78 is 26.7. The maximum Gasteiger partial charge on any atom is 0.328 e. The van der Waals surface area contributed by atoms with Crippen LogP contribution in [-0.4, -0.2) is 19.5 Å². The van der Waals surface area contributed by atoms with Crippen molar-refractivity contribution in [3.05, 3.63) is 53.4 Å². The van der Waals surface area contributed by atoms with E-state index >= 15 is 0 Å². The fourth-order valence-electron chi connectivity index (χ4n) is 1.50. The first-order valence-corrected chi connectivity index (χ1v) is 7.91. The van der Waals surface area contributed by atoms with Gasteiger partial charge in [-0.2, -0.15) is 0 Å². The van der Waals surface area contributed by atoms with Gasteiger partial charge in [-0.25, -0.2) is 13.2 Å². The number of carboxylic acid groups (broad SMARTS) is 1. The van der Waals surface area contributed by atoms with E-state index in [1.165, 1.54) is 12.1 Å². The molecule has 2 N–H and O–H groups in total. The molecule has 0 bridgehead atoms. The van der Waals surface area contributed by atoms with Gasteiger partial charge in [-0.15, -0.1) is 11.3 Å². The molecule has 0 aliphatic heterocycles. The SMILES string of the molecule is O=C(O)/C=C/c1cccc(NS(=O)(=O)c2cccs2)c1. The van der Waals surface area contributed by atoms with Crippen molar-refractivity contribution in [3.63, 3.8) is 0 Å². The van der Waals surface area contributed by atoms with E-state index in [9.17, 15) is 13.2 Å². The Hall–Kier alpha value is -2.12. The Kier molecular flexibility index (Phi) is 4.21. The van der Waals surface area contributed by atoms with E-state index in [4.69, 9.17) is 5.11 Å². The van der Waals surface area contributed by atoms with Crippen molar-refractivity contribution in [2.75, 3.05) is 4.72 Å². The van der Waals surface area contributed by atoms with Crippen LogP contribution < -0.4 is 4.72 Å². The summed E-state index contributed by atoms with van der Waals surface area (Å²) in [4.78, 5) is 10.4. The zero-order valence-electron chi connectivity index (χ0n) is 10.2. The molecule has 0 spiro atoms. The Balaban J connectivity index is 2.22. The molecule has 0 unspecified atom stereocenters. The minimum Gasteiger partial charge on any atom is -0.478 e. The van der Waals surface area contributed by atoms with Crippen LogP contribution in [0.1, 0.15) is 5.56 Å². The second-order valence-electron chi connectivity index (χ2n) is 3.83. The van der Waals surface area contributed by atoms with Gasteiger partial charge in [0.2, 0.25) is 0 Å². The summed E-state index contributed by atoms with van der Waals surface area (Å²) >= 11 is 1.13. The van der Waals surface area contributed by atoms with Crippen LogP contribution >= 0.6 is 11.3 Å². The van der Waals surface area contributed by atoms with Gasteiger partial charge in [0.05, 0.1) is 0 Å². The van der Waals surface area contributed by atoms with Gasteiger partial charge in [-0.05, 0) is 35.2 Å². The lowest BCUT2D eigenvalue weighted by Gasteiger charge is -2.06. The molecule has 0 fully saturated rings. The number of hydrogen-bond donors (Lipinski definition) is 2. The van der Waals surface area contributed by atoms with Gasteiger partial charge in [0.15, 0.2) is 0 Å². The third-order valence-electron chi connectivity index (χ3n) is 2.32. The maximum atomic E-state index is 12.0. The quantitative estimate of drug-likeness (QED) is 0.832. The molecule has 0 aliphatic carbocycles. The number of aliphatic carboxylic acids is 1. The highest BCUT2D eigenvalue weighted by atomic mass is 32.2. The zero-order valence-corrected chi connectivity index (χ0v) is 11.8. The van der Waals surface area contributed by atoms with Gasteiger partial charge in [-0.1, -0.05) is 18.2 Å². The Morgan fingerprint density at radius 1 is 1.25 bits per heavy atom. The maximum absolute atomic E-state index is 12.0. The molecule has 104 valence electrons. The van der Waals surface area contributed by atoms with Crippen molar-refractivity contribution in [3.8, 4) is 0 Å². The Bertz CT molecular complexity index is 733. The van der Waals surface area contributed by atoms with Crippen LogP contribution in [0, 0.1) is 0 Å². The molecule has 5 nitrogen and oxygen atoms in total. The van der Waals surface area contributed by atoms with Crippen molar-refractivity contribution in [1.82, 2.24) is 0 Å². The van der Waals surface area contributed by atoms with E-state index in [0.717, 1.165) is 17.4 Å². The van der Waals surface area contributed by atoms with Crippen LogP contribution in [-0.2, 0) is 14.8 Å². The van der Waals surface area contributed by atoms with Gasteiger partial charge in [-0.3, -0.25) is 4.72 Å². The molecule has 1 aromatic carbocycles. The molecule has 2 aromatic rings. The van der Waals surface area contributed by atoms with E-state index in [1.54, 1.807) is 35.7 Å². The third kappa shape index (κ3) is 3.69. The molecule has 0 amide bonds. The molecule has 0 saturated heterocycles. The number of anilines is 1. The fraction of sp³-hybridized carbons (Fsp3) is 0. The smallest absolute Gasteiger partial charge is 0.328 e. The van der Waals surface area contributed by atoms with Crippen LogP contribution in [0.5, 0.6) is 0 Å². The molecule has 0 saturated carbocycles. The van der Waals surface area contributed by atoms with E-state index in [-0.39, 0.29) is 4.21 Å². The largest absolute Gasteiger partial charge is 0.478 e. The number of carboxylic acids is 1. The molecule has 1 heterocycles.